The number of nitrogens with one attached hydrogen (secondary N) is 1. The lowest BCUT2D eigenvalue weighted by molar-refractivity contribution is 0.261. The first-order valence-corrected chi connectivity index (χ1v) is 9.32. The van der Waals surface area contributed by atoms with Gasteiger partial charge in [-0.05, 0) is 51.6 Å². The standard InChI is InChI=1S/C20H22ClN5/c1-13-10-17-18(11-22-13)20(23-16-4-3-9-26(2)12-16)25-24-19(17)14-5-7-15(21)8-6-14/h5-8,10-11,16H,3-4,9,12H2,1-2H3,(H,23,25). The van der Waals surface area contributed by atoms with E-state index in [9.17, 15) is 0 Å². The van der Waals surface area contributed by atoms with Crippen LogP contribution in [0.15, 0.2) is 36.5 Å². The molecule has 1 fully saturated rings. The normalized spacial score (nSPS) is 18.2. The first kappa shape index (κ1) is 17.2. The maximum Gasteiger partial charge on any atom is 0.158 e. The van der Waals surface area contributed by atoms with E-state index in [0.29, 0.717) is 11.1 Å². The van der Waals surface area contributed by atoms with Crippen LogP contribution in [-0.2, 0) is 0 Å². The Morgan fingerprint density at radius 1 is 1.15 bits per heavy atom. The van der Waals surface area contributed by atoms with E-state index in [-0.39, 0.29) is 0 Å². The Morgan fingerprint density at radius 3 is 2.73 bits per heavy atom. The number of aromatic nitrogens is 3. The van der Waals surface area contributed by atoms with Crippen LogP contribution < -0.4 is 5.32 Å². The van der Waals surface area contributed by atoms with Gasteiger partial charge in [-0.25, -0.2) is 0 Å². The highest BCUT2D eigenvalue weighted by atomic mass is 35.5. The summed E-state index contributed by atoms with van der Waals surface area (Å²) in [5.74, 6) is 0.811. The second kappa shape index (κ2) is 7.17. The van der Waals surface area contributed by atoms with Crippen LogP contribution in [0.1, 0.15) is 18.5 Å². The van der Waals surface area contributed by atoms with Crippen LogP contribution in [-0.4, -0.2) is 46.3 Å². The molecule has 0 aliphatic carbocycles. The van der Waals surface area contributed by atoms with Gasteiger partial charge in [-0.1, -0.05) is 23.7 Å². The summed E-state index contributed by atoms with van der Waals surface area (Å²) in [7, 11) is 2.16. The van der Waals surface area contributed by atoms with Gasteiger partial charge in [0.1, 0.15) is 5.69 Å². The molecule has 26 heavy (non-hydrogen) atoms. The van der Waals surface area contributed by atoms with Crippen LogP contribution in [0.3, 0.4) is 0 Å². The van der Waals surface area contributed by atoms with Crippen molar-refractivity contribution >= 4 is 28.2 Å². The molecule has 1 N–H and O–H groups in total. The number of hydrogen-bond donors (Lipinski definition) is 1. The lowest BCUT2D eigenvalue weighted by Gasteiger charge is -2.30. The highest BCUT2D eigenvalue weighted by molar-refractivity contribution is 6.30. The van der Waals surface area contributed by atoms with E-state index in [1.165, 1.54) is 6.42 Å². The third kappa shape index (κ3) is 3.50. The number of pyridine rings is 1. The zero-order valence-corrected chi connectivity index (χ0v) is 15.8. The quantitative estimate of drug-likeness (QED) is 0.753. The van der Waals surface area contributed by atoms with Gasteiger partial charge in [0.25, 0.3) is 0 Å². The van der Waals surface area contributed by atoms with Crippen LogP contribution in [0.2, 0.25) is 5.02 Å². The van der Waals surface area contributed by atoms with E-state index in [2.05, 4.69) is 38.5 Å². The molecule has 2 aromatic heterocycles. The highest BCUT2D eigenvalue weighted by Gasteiger charge is 2.19. The number of rotatable bonds is 3. The van der Waals surface area contributed by atoms with E-state index in [1.807, 2.05) is 37.4 Å². The van der Waals surface area contributed by atoms with Crippen molar-refractivity contribution in [2.24, 2.45) is 0 Å². The van der Waals surface area contributed by atoms with Crippen molar-refractivity contribution in [2.75, 3.05) is 25.5 Å². The lowest BCUT2D eigenvalue weighted by Crippen LogP contribution is -2.40. The molecule has 1 saturated heterocycles. The Balaban J connectivity index is 1.76. The highest BCUT2D eigenvalue weighted by Crippen LogP contribution is 2.31. The fourth-order valence-electron chi connectivity index (χ4n) is 3.56. The van der Waals surface area contributed by atoms with Crippen molar-refractivity contribution in [3.63, 3.8) is 0 Å². The van der Waals surface area contributed by atoms with Gasteiger partial charge in [-0.15, -0.1) is 10.2 Å². The summed E-state index contributed by atoms with van der Waals surface area (Å²) in [6, 6.07) is 10.2. The van der Waals surface area contributed by atoms with Crippen LogP contribution >= 0.6 is 11.6 Å². The molecule has 1 aliphatic rings. The number of benzene rings is 1. The Morgan fingerprint density at radius 2 is 1.96 bits per heavy atom. The largest absolute Gasteiger partial charge is 0.364 e. The van der Waals surface area contributed by atoms with Crippen LogP contribution in [0, 0.1) is 6.92 Å². The summed E-state index contributed by atoms with van der Waals surface area (Å²) in [5, 5.41) is 15.4. The molecule has 5 nitrogen and oxygen atoms in total. The van der Waals surface area contributed by atoms with E-state index in [0.717, 1.165) is 53.1 Å². The van der Waals surface area contributed by atoms with Crippen molar-refractivity contribution in [3.8, 4) is 11.3 Å². The topological polar surface area (TPSA) is 53.9 Å². The van der Waals surface area contributed by atoms with Crippen molar-refractivity contribution in [3.05, 3.63) is 47.2 Å². The van der Waals surface area contributed by atoms with Gasteiger partial charge in [0.2, 0.25) is 0 Å². The first-order valence-electron chi connectivity index (χ1n) is 8.94. The summed E-state index contributed by atoms with van der Waals surface area (Å²) in [6.45, 7) is 4.16. The molecule has 1 aromatic carbocycles. The van der Waals surface area contributed by atoms with Gasteiger partial charge in [-0.3, -0.25) is 4.98 Å². The minimum atomic E-state index is 0.383. The summed E-state index contributed by atoms with van der Waals surface area (Å²) in [5.41, 5.74) is 2.82. The molecule has 134 valence electrons. The Hall–Kier alpha value is -2.24. The number of likely N-dealkylation sites (tertiary alicyclic amines) is 1. The molecule has 0 radical (unpaired) electrons. The lowest BCUT2D eigenvalue weighted by atomic mass is 10.0. The fourth-order valence-corrected chi connectivity index (χ4v) is 3.68. The number of piperidine rings is 1. The van der Waals surface area contributed by atoms with Gasteiger partial charge in [-0.2, -0.15) is 0 Å². The third-order valence-corrected chi connectivity index (χ3v) is 5.14. The van der Waals surface area contributed by atoms with E-state index in [4.69, 9.17) is 11.6 Å². The van der Waals surface area contributed by atoms with Gasteiger partial charge in [0.05, 0.1) is 0 Å². The number of likely N-dealkylation sites (N-methyl/N-ethyl adjacent to an activating group) is 1. The molecule has 1 aliphatic heterocycles. The Kier molecular flexibility index (Phi) is 4.74. The number of nitrogens with zero attached hydrogens (tertiary/aromatic N) is 4. The third-order valence-electron chi connectivity index (χ3n) is 4.88. The average molecular weight is 368 g/mol. The summed E-state index contributed by atoms with van der Waals surface area (Å²) in [6.07, 6.45) is 4.24. The second-order valence-corrected chi connectivity index (χ2v) is 7.46. The molecule has 3 aromatic rings. The summed E-state index contributed by atoms with van der Waals surface area (Å²) < 4.78 is 0. The zero-order chi connectivity index (χ0) is 18.1. The van der Waals surface area contributed by atoms with Gasteiger partial charge < -0.3 is 10.2 Å². The predicted molar refractivity (Wildman–Crippen MR) is 107 cm³/mol. The molecule has 0 spiro atoms. The second-order valence-electron chi connectivity index (χ2n) is 7.02. The zero-order valence-electron chi connectivity index (χ0n) is 15.0. The summed E-state index contributed by atoms with van der Waals surface area (Å²) in [4.78, 5) is 6.83. The van der Waals surface area contributed by atoms with Crippen molar-refractivity contribution in [1.29, 1.82) is 0 Å². The minimum absolute atomic E-state index is 0.383. The molecule has 4 rings (SSSR count). The molecule has 0 amide bonds. The van der Waals surface area contributed by atoms with Gasteiger partial charge >= 0.3 is 0 Å². The van der Waals surface area contributed by atoms with Crippen molar-refractivity contribution < 1.29 is 0 Å². The summed E-state index contributed by atoms with van der Waals surface area (Å²) >= 11 is 6.03. The number of anilines is 1. The maximum absolute atomic E-state index is 6.03. The molecule has 6 heteroatoms. The molecule has 3 heterocycles. The molecule has 1 unspecified atom stereocenters. The fraction of sp³-hybridized carbons (Fsp3) is 0.350. The van der Waals surface area contributed by atoms with Gasteiger partial charge in [0, 0.05) is 45.8 Å². The number of aryl methyl sites for hydroxylation is 1. The van der Waals surface area contributed by atoms with Crippen molar-refractivity contribution in [2.45, 2.75) is 25.8 Å². The number of fused-ring (bicyclic) bond motifs is 1. The molecular formula is C20H22ClN5. The molecule has 1 atom stereocenters. The van der Waals surface area contributed by atoms with Crippen LogP contribution in [0.5, 0.6) is 0 Å². The number of hydrogen-bond acceptors (Lipinski definition) is 5. The molecular weight excluding hydrogens is 346 g/mol. The van der Waals surface area contributed by atoms with Crippen LogP contribution in [0.4, 0.5) is 5.82 Å². The Bertz CT molecular complexity index is 925. The SMILES string of the molecule is Cc1cc2c(-c3ccc(Cl)cc3)nnc(NC3CCCN(C)C3)c2cn1. The van der Waals surface area contributed by atoms with E-state index >= 15 is 0 Å². The van der Waals surface area contributed by atoms with E-state index < -0.39 is 0 Å². The van der Waals surface area contributed by atoms with Crippen LogP contribution in [0.25, 0.3) is 22.0 Å². The maximum atomic E-state index is 6.03. The first-order chi connectivity index (χ1) is 12.6. The molecule has 0 saturated carbocycles. The average Bonchev–Trinajstić information content (AvgIpc) is 2.63. The van der Waals surface area contributed by atoms with Crippen molar-refractivity contribution in [1.82, 2.24) is 20.1 Å². The predicted octanol–water partition coefficient (Wildman–Crippen LogP) is 4.16. The Labute approximate surface area is 158 Å². The smallest absolute Gasteiger partial charge is 0.158 e. The minimum Gasteiger partial charge on any atom is -0.364 e. The monoisotopic (exact) mass is 367 g/mol. The van der Waals surface area contributed by atoms with Gasteiger partial charge in [0.15, 0.2) is 5.82 Å². The molecule has 0 bridgehead atoms. The number of halogens is 1. The van der Waals surface area contributed by atoms with E-state index in [1.54, 1.807) is 0 Å².